The summed E-state index contributed by atoms with van der Waals surface area (Å²) >= 11 is 0. The number of hydrogen-bond donors (Lipinski definition) is 3. The van der Waals surface area contributed by atoms with Gasteiger partial charge in [0.1, 0.15) is 11.4 Å². The van der Waals surface area contributed by atoms with Crippen molar-refractivity contribution in [2.24, 2.45) is 11.7 Å². The van der Waals surface area contributed by atoms with E-state index in [0.717, 1.165) is 0 Å². The topological polar surface area (TPSA) is 173 Å². The second-order valence-corrected chi connectivity index (χ2v) is 13.2. The highest BCUT2D eigenvalue weighted by molar-refractivity contribution is 6.25. The summed E-state index contributed by atoms with van der Waals surface area (Å²) in [5, 5.41) is 5.15. The van der Waals surface area contributed by atoms with Gasteiger partial charge in [-0.15, -0.1) is 0 Å². The minimum atomic E-state index is -1.87. The summed E-state index contributed by atoms with van der Waals surface area (Å²) in [7, 11) is 1.50. The van der Waals surface area contributed by atoms with E-state index in [1.54, 1.807) is 101 Å². The molecule has 4 aromatic rings. The number of rotatable bonds is 9. The van der Waals surface area contributed by atoms with Crippen LogP contribution in [0, 0.1) is 5.92 Å². The minimum Gasteiger partial charge on any atom is -0.497 e. The molecule has 0 aliphatic carbocycles. The number of methoxy groups -OCH3 is 1. The summed E-state index contributed by atoms with van der Waals surface area (Å²) in [6, 6.07) is 19.6. The van der Waals surface area contributed by atoms with E-state index in [0.29, 0.717) is 17.0 Å². The van der Waals surface area contributed by atoms with E-state index < -0.39 is 52.8 Å². The Morgan fingerprint density at radius 1 is 0.882 bits per heavy atom. The summed E-state index contributed by atoms with van der Waals surface area (Å²) in [6.07, 6.45) is 2.98. The van der Waals surface area contributed by atoms with Gasteiger partial charge in [-0.25, -0.2) is 9.59 Å². The van der Waals surface area contributed by atoms with Crippen molar-refractivity contribution in [2.45, 2.75) is 51.8 Å². The number of anilines is 4. The molecule has 0 saturated heterocycles. The summed E-state index contributed by atoms with van der Waals surface area (Å²) < 4.78 is 10.8. The Balaban J connectivity index is 1.65. The summed E-state index contributed by atoms with van der Waals surface area (Å²) in [5.74, 6) is -3.34. The van der Waals surface area contributed by atoms with Gasteiger partial charge in [0.05, 0.1) is 35.9 Å². The third-order valence-electron chi connectivity index (χ3n) is 8.33. The molecule has 13 heteroatoms. The van der Waals surface area contributed by atoms with E-state index in [1.807, 2.05) is 0 Å². The standard InChI is InChI=1S/C38H40N6O7/c1-23(2)38(35(39)48,25-16-18-28(50-6)19-17-25)44-30-15-8-7-14-29(30)43(27-13-10-20-40-22-27)32(45)31(33(44)46)42-36(49)41-26-12-9-11-24(21-26)34(47)51-37(3,4)5/h7-23,31H,1-6H3,(H2,39,48)(H2,41,42,49). The summed E-state index contributed by atoms with van der Waals surface area (Å²) in [5.41, 5.74) is 5.15. The zero-order valence-corrected chi connectivity index (χ0v) is 29.2. The minimum absolute atomic E-state index is 0.177. The number of para-hydroxylation sites is 2. The Labute approximate surface area is 295 Å². The number of nitrogens with zero attached hydrogens (tertiary/aromatic N) is 3. The molecule has 1 aliphatic rings. The van der Waals surface area contributed by atoms with E-state index in [9.17, 15) is 19.2 Å². The largest absolute Gasteiger partial charge is 0.497 e. The highest BCUT2D eigenvalue weighted by atomic mass is 16.6. The Morgan fingerprint density at radius 2 is 1.57 bits per heavy atom. The number of carbonyl (C=O) groups is 5. The average Bonchev–Trinajstić information content (AvgIpc) is 3.17. The Kier molecular flexibility index (Phi) is 10.1. The number of urea groups is 1. The molecule has 0 radical (unpaired) electrons. The number of pyridine rings is 1. The van der Waals surface area contributed by atoms with Gasteiger partial charge in [-0.05, 0) is 86.8 Å². The van der Waals surface area contributed by atoms with Crippen LogP contribution in [0.15, 0.2) is 97.3 Å². The van der Waals surface area contributed by atoms with E-state index in [1.165, 1.54) is 47.5 Å². The van der Waals surface area contributed by atoms with Crippen LogP contribution in [0.4, 0.5) is 27.5 Å². The molecule has 2 unspecified atom stereocenters. The molecule has 5 rings (SSSR count). The monoisotopic (exact) mass is 692 g/mol. The number of ether oxygens (including phenoxy) is 2. The average molecular weight is 693 g/mol. The highest BCUT2D eigenvalue weighted by Gasteiger charge is 2.55. The molecule has 0 spiro atoms. The first-order valence-corrected chi connectivity index (χ1v) is 16.2. The molecular formula is C38H40N6O7. The zero-order chi connectivity index (χ0) is 37.1. The molecule has 51 heavy (non-hydrogen) atoms. The van der Waals surface area contributed by atoms with Crippen molar-refractivity contribution in [1.82, 2.24) is 10.3 Å². The third-order valence-corrected chi connectivity index (χ3v) is 8.33. The van der Waals surface area contributed by atoms with Crippen LogP contribution < -0.4 is 30.9 Å². The smallest absolute Gasteiger partial charge is 0.338 e. The molecule has 5 amide bonds. The number of carbonyl (C=O) groups excluding carboxylic acids is 5. The highest BCUT2D eigenvalue weighted by Crippen LogP contribution is 2.46. The van der Waals surface area contributed by atoms with Crippen LogP contribution in [0.1, 0.15) is 50.5 Å². The van der Waals surface area contributed by atoms with Crippen molar-refractivity contribution >= 4 is 52.5 Å². The lowest BCUT2D eigenvalue weighted by Crippen LogP contribution is -2.65. The number of benzene rings is 3. The van der Waals surface area contributed by atoms with Gasteiger partial charge in [-0.3, -0.25) is 29.2 Å². The second kappa shape index (κ2) is 14.3. The molecule has 1 aromatic heterocycles. The Bertz CT molecular complexity index is 1960. The molecule has 0 saturated carbocycles. The maximum Gasteiger partial charge on any atom is 0.338 e. The Hall–Kier alpha value is -6.24. The molecule has 1 aliphatic heterocycles. The molecule has 0 bridgehead atoms. The number of amides is 5. The molecule has 2 atom stereocenters. The lowest BCUT2D eigenvalue weighted by atomic mass is 9.76. The van der Waals surface area contributed by atoms with Crippen molar-refractivity contribution in [1.29, 1.82) is 0 Å². The van der Waals surface area contributed by atoms with Gasteiger partial charge in [-0.1, -0.05) is 44.2 Å². The first-order valence-electron chi connectivity index (χ1n) is 16.2. The van der Waals surface area contributed by atoms with Crippen LogP contribution in [-0.4, -0.2) is 53.5 Å². The van der Waals surface area contributed by atoms with Crippen molar-refractivity contribution < 1.29 is 33.4 Å². The van der Waals surface area contributed by atoms with Crippen LogP contribution in [0.5, 0.6) is 5.75 Å². The number of primary amides is 1. The summed E-state index contributed by atoms with van der Waals surface area (Å²) in [6.45, 7) is 8.68. The molecule has 2 heterocycles. The number of nitrogens with two attached hydrogens (primary N) is 1. The van der Waals surface area contributed by atoms with Crippen molar-refractivity contribution in [3.05, 3.63) is 108 Å². The van der Waals surface area contributed by atoms with Crippen LogP contribution in [-0.2, 0) is 24.7 Å². The second-order valence-electron chi connectivity index (χ2n) is 13.2. The van der Waals surface area contributed by atoms with Gasteiger partial charge < -0.3 is 25.8 Å². The first-order chi connectivity index (χ1) is 24.2. The predicted molar refractivity (Wildman–Crippen MR) is 192 cm³/mol. The van der Waals surface area contributed by atoms with Gasteiger partial charge in [0, 0.05) is 11.9 Å². The summed E-state index contributed by atoms with van der Waals surface area (Å²) in [4.78, 5) is 76.6. The molecule has 13 nitrogen and oxygen atoms in total. The van der Waals surface area contributed by atoms with Crippen LogP contribution >= 0.6 is 0 Å². The predicted octanol–water partition coefficient (Wildman–Crippen LogP) is 5.28. The lowest BCUT2D eigenvalue weighted by molar-refractivity contribution is -0.134. The molecule has 264 valence electrons. The molecule has 0 fully saturated rings. The van der Waals surface area contributed by atoms with E-state index in [2.05, 4.69) is 15.6 Å². The maximum atomic E-state index is 15.0. The number of aromatic nitrogens is 1. The quantitative estimate of drug-likeness (QED) is 0.157. The SMILES string of the molecule is COc1ccc(C(C(N)=O)(C(C)C)N2C(=O)C(NC(=O)Nc3cccc(C(=O)OC(C)(C)C)c3)C(=O)N(c3cccnc3)c3ccccc32)cc1. The number of nitrogens with one attached hydrogen (secondary N) is 2. The fourth-order valence-electron chi connectivity index (χ4n) is 6.15. The van der Waals surface area contributed by atoms with E-state index >= 15 is 4.79 Å². The first kappa shape index (κ1) is 36.1. The third kappa shape index (κ3) is 7.09. The Morgan fingerprint density at radius 3 is 2.16 bits per heavy atom. The van der Waals surface area contributed by atoms with Gasteiger partial charge in [-0.2, -0.15) is 0 Å². The van der Waals surface area contributed by atoms with Gasteiger partial charge in [0.15, 0.2) is 11.6 Å². The number of fused-ring (bicyclic) bond motifs is 1. The van der Waals surface area contributed by atoms with Crippen molar-refractivity contribution in [3.63, 3.8) is 0 Å². The molecule has 4 N–H and O–H groups in total. The van der Waals surface area contributed by atoms with Crippen molar-refractivity contribution in [3.8, 4) is 5.75 Å². The van der Waals surface area contributed by atoms with E-state index in [-0.39, 0.29) is 22.6 Å². The van der Waals surface area contributed by atoms with E-state index in [4.69, 9.17) is 15.2 Å². The van der Waals surface area contributed by atoms with Crippen molar-refractivity contribution in [2.75, 3.05) is 22.2 Å². The van der Waals surface area contributed by atoms with Gasteiger partial charge in [0.2, 0.25) is 5.91 Å². The number of hydrogen-bond acceptors (Lipinski definition) is 8. The normalized spacial score (nSPS) is 15.7. The molecular weight excluding hydrogens is 652 g/mol. The van der Waals surface area contributed by atoms with Crippen LogP contribution in [0.25, 0.3) is 0 Å². The van der Waals surface area contributed by atoms with Crippen LogP contribution in [0.3, 0.4) is 0 Å². The fraction of sp³-hybridized carbons (Fsp3) is 0.263. The van der Waals surface area contributed by atoms with Gasteiger partial charge >= 0.3 is 12.0 Å². The fourth-order valence-corrected chi connectivity index (χ4v) is 6.15. The number of esters is 1. The maximum absolute atomic E-state index is 15.0. The zero-order valence-electron chi connectivity index (χ0n) is 29.2. The van der Waals surface area contributed by atoms with Gasteiger partial charge in [0.25, 0.3) is 11.8 Å². The lowest BCUT2D eigenvalue weighted by Gasteiger charge is -2.45. The molecule has 3 aromatic carbocycles. The van der Waals surface area contributed by atoms with Crippen LogP contribution in [0.2, 0.25) is 0 Å².